The Bertz CT molecular complexity index is 6370. The van der Waals surface area contributed by atoms with Gasteiger partial charge in [0.1, 0.15) is 0 Å². The van der Waals surface area contributed by atoms with E-state index in [4.69, 9.17) is 0 Å². The predicted octanol–water partition coefficient (Wildman–Crippen LogP) is 14.4. The van der Waals surface area contributed by atoms with Gasteiger partial charge in [-0.1, -0.05) is 449 Å². The summed E-state index contributed by atoms with van der Waals surface area (Å²) in [6.45, 7) is -0.306. The molecule has 19 aromatic carbocycles. The Balaban J connectivity index is 0.919. The molecule has 122 heavy (non-hydrogen) atoms. The lowest BCUT2D eigenvalue weighted by Gasteiger charge is -2.46. The summed E-state index contributed by atoms with van der Waals surface area (Å²) < 4.78 is 2.57. The Hall–Kier alpha value is -14.5. The summed E-state index contributed by atoms with van der Waals surface area (Å²) in [7, 11) is -12.9. The van der Waals surface area contributed by atoms with Crippen LogP contribution in [-0.4, -0.2) is 43.6 Å². The summed E-state index contributed by atoms with van der Waals surface area (Å²) in [5.74, 6) is 0. The first-order valence-electron chi connectivity index (χ1n) is 42.5. The fraction of sp³-hybridized carbons (Fsp3) is 0. The maximum atomic E-state index is 2.74. The molecule has 20 aromatic rings. The molecule has 0 fully saturated rings. The van der Waals surface area contributed by atoms with Crippen molar-refractivity contribution in [1.29, 1.82) is 0 Å². The van der Waals surface area contributed by atoms with Crippen LogP contribution < -0.4 is 109 Å². The molecule has 0 saturated carbocycles. The Morgan fingerprint density at radius 3 is 0.615 bits per heavy atom. The molecule has 22 rings (SSSR count). The first kappa shape index (κ1) is 73.9. The molecule has 8 heteroatoms. The average Bonchev–Trinajstić information content (AvgIpc) is 0.700. The Morgan fingerprint density at radius 1 is 0.156 bits per heavy atom. The topological polar surface area (TPSA) is 11.4 Å². The highest BCUT2D eigenvalue weighted by atomic mass is 28.3. The number of fused-ring (bicyclic) bond motifs is 7. The first-order valence-corrected chi connectivity index (χ1v) is 50.5. The SMILES string of the molecule is c1ccc([Si](c2ccccc2)(c2ccccc2)c2cccc(N3c4cc([Si](c5ccccc5)(c5ccccc5)c5ccccc5)ccc4B4c5ccc([Si](c6ccccc6)(c6ccccc6)c6ccccc6)cc5N(c5cccc([Si](c6ccccc6)(c6ccccc6)c6ccccc6)c5)c5cc(-n6c7ccccc7c7ccccc76)cc3c54)c2)cc1. The lowest BCUT2D eigenvalue weighted by Crippen LogP contribution is -2.75. The fourth-order valence-electron chi connectivity index (χ4n) is 21.3. The fourth-order valence-corrected chi connectivity index (χ4v) is 40.4. The number of hydrogen-bond acceptors (Lipinski definition) is 2. The third-order valence-electron chi connectivity index (χ3n) is 26.3. The second kappa shape index (κ2) is 31.0. The van der Waals surface area contributed by atoms with Crippen molar-refractivity contribution in [3.63, 3.8) is 0 Å². The van der Waals surface area contributed by atoms with E-state index in [1.165, 1.54) is 110 Å². The molecule has 1 aromatic heterocycles. The standard InChI is InChI=1S/C114H84BN3Si4/c1-13-45-88(46-14-1)119(89-47-15-2-16-48-89,90-49-17-3-18-50-90)100-69-41-43-85(79-100)116-110-83-102(121(94-57-25-7-26-58-94,95-59-27-8-28-60-95)96-61-29-9-30-62-96)75-77-106(110)115-107-78-76-103(122(97-63-31-10-32-64-97,98-65-33-11-34-66-98)99-67-35-12-36-68-99)84-111(107)117(113-82-87(81-112(116)114(113)115)118-108-73-39-37-71-104(108)105-72-38-40-74-109(105)118)86-44-42-70-101(80-86)120(91-51-19-4-20-52-91,92-53-21-5-22-54-92)93-55-23-6-24-56-93/h1-84H. The molecule has 0 spiro atoms. The third-order valence-corrected chi connectivity index (χ3v) is 45.4. The lowest BCUT2D eigenvalue weighted by atomic mass is 9.33. The molecule has 0 saturated heterocycles. The zero-order chi connectivity index (χ0) is 81.0. The minimum Gasteiger partial charge on any atom is -0.311 e. The highest BCUT2D eigenvalue weighted by Gasteiger charge is 2.51. The van der Waals surface area contributed by atoms with E-state index in [1.54, 1.807) is 0 Å². The van der Waals surface area contributed by atoms with Crippen molar-refractivity contribution in [1.82, 2.24) is 4.57 Å². The van der Waals surface area contributed by atoms with E-state index in [0.29, 0.717) is 0 Å². The average molecular weight is 1620 g/mol. The molecule has 0 amide bonds. The van der Waals surface area contributed by atoms with Crippen molar-refractivity contribution in [2.75, 3.05) is 9.80 Å². The molecule has 0 aliphatic carbocycles. The maximum Gasteiger partial charge on any atom is 0.252 e. The Kier molecular flexibility index (Phi) is 18.8. The molecule has 0 N–H and O–H groups in total. The van der Waals surface area contributed by atoms with Gasteiger partial charge in [0.2, 0.25) is 0 Å². The summed E-state index contributed by atoms with van der Waals surface area (Å²) in [5.41, 5.74) is 13.7. The van der Waals surface area contributed by atoms with Crippen LogP contribution >= 0.6 is 0 Å². The van der Waals surface area contributed by atoms with Gasteiger partial charge < -0.3 is 14.4 Å². The van der Waals surface area contributed by atoms with Crippen LogP contribution in [0.3, 0.4) is 0 Å². The Labute approximate surface area is 718 Å². The number of aromatic nitrogens is 1. The van der Waals surface area contributed by atoms with E-state index in [0.717, 1.165) is 50.8 Å². The summed E-state index contributed by atoms with van der Waals surface area (Å²) in [6.07, 6.45) is 0. The van der Waals surface area contributed by atoms with Crippen LogP contribution in [0.15, 0.2) is 510 Å². The van der Waals surface area contributed by atoms with Crippen LogP contribution in [0.2, 0.25) is 0 Å². The van der Waals surface area contributed by atoms with Gasteiger partial charge in [-0.15, -0.1) is 0 Å². The number of nitrogens with zero attached hydrogens (tertiary/aromatic N) is 3. The van der Waals surface area contributed by atoms with E-state index in [-0.39, 0.29) is 6.71 Å². The zero-order valence-corrected chi connectivity index (χ0v) is 71.4. The van der Waals surface area contributed by atoms with Crippen molar-refractivity contribution >= 4 is 194 Å². The highest BCUT2D eigenvalue weighted by molar-refractivity contribution is 7.22. The van der Waals surface area contributed by atoms with E-state index in [2.05, 4.69) is 524 Å². The van der Waals surface area contributed by atoms with E-state index >= 15 is 0 Å². The van der Waals surface area contributed by atoms with Crippen LogP contribution in [0.25, 0.3) is 27.5 Å². The summed E-state index contributed by atoms with van der Waals surface area (Å²) in [4.78, 5) is 5.47. The zero-order valence-electron chi connectivity index (χ0n) is 67.4. The van der Waals surface area contributed by atoms with Crippen LogP contribution in [-0.2, 0) is 0 Å². The summed E-state index contributed by atoms with van der Waals surface area (Å²) in [6, 6.07) is 196. The van der Waals surface area contributed by atoms with Crippen LogP contribution in [0.5, 0.6) is 0 Å². The van der Waals surface area contributed by atoms with E-state index in [9.17, 15) is 0 Å². The minimum absolute atomic E-state index is 0.306. The smallest absolute Gasteiger partial charge is 0.252 e. The monoisotopic (exact) mass is 1620 g/mol. The number of rotatable bonds is 19. The number of benzene rings is 19. The largest absolute Gasteiger partial charge is 0.311 e. The number of anilines is 6. The quantitative estimate of drug-likeness (QED) is 0.0590. The summed E-state index contributed by atoms with van der Waals surface area (Å²) >= 11 is 0. The number of hydrogen-bond donors (Lipinski definition) is 0. The molecule has 2 aliphatic heterocycles. The highest BCUT2D eigenvalue weighted by Crippen LogP contribution is 2.47. The van der Waals surface area contributed by atoms with Crippen molar-refractivity contribution in [2.24, 2.45) is 0 Å². The molecule has 2 aliphatic rings. The Morgan fingerprint density at radius 2 is 0.369 bits per heavy atom. The van der Waals surface area contributed by atoms with Crippen molar-refractivity contribution in [3.05, 3.63) is 510 Å². The normalized spacial score (nSPS) is 12.5. The van der Waals surface area contributed by atoms with Gasteiger partial charge in [-0.05, 0) is 160 Å². The maximum absolute atomic E-state index is 3.27. The molecule has 0 atom stereocenters. The lowest BCUT2D eigenvalue weighted by molar-refractivity contribution is 1.16. The van der Waals surface area contributed by atoms with Gasteiger partial charge in [-0.2, -0.15) is 0 Å². The van der Waals surface area contributed by atoms with E-state index in [1.807, 2.05) is 0 Å². The molecule has 574 valence electrons. The molecule has 0 bridgehead atoms. The second-order valence-corrected chi connectivity index (χ2v) is 47.6. The molecular weight excluding hydrogens is 1530 g/mol. The van der Waals surface area contributed by atoms with Crippen molar-refractivity contribution in [2.45, 2.75) is 0 Å². The minimum atomic E-state index is -3.27. The van der Waals surface area contributed by atoms with Crippen molar-refractivity contribution < 1.29 is 0 Å². The van der Waals surface area contributed by atoms with Gasteiger partial charge in [0.15, 0.2) is 32.3 Å². The van der Waals surface area contributed by atoms with Crippen molar-refractivity contribution in [3.8, 4) is 5.69 Å². The molecule has 3 nitrogen and oxygen atoms in total. The van der Waals surface area contributed by atoms with Gasteiger partial charge in [-0.25, -0.2) is 0 Å². The molecular formula is C114H84BN3Si4. The first-order chi connectivity index (χ1) is 60.5. The van der Waals surface area contributed by atoms with Gasteiger partial charge >= 0.3 is 0 Å². The van der Waals surface area contributed by atoms with Crippen LogP contribution in [0.1, 0.15) is 0 Å². The number of para-hydroxylation sites is 2. The van der Waals surface area contributed by atoms with E-state index < -0.39 is 32.3 Å². The predicted molar refractivity (Wildman–Crippen MR) is 529 cm³/mol. The van der Waals surface area contributed by atoms with Gasteiger partial charge in [0.05, 0.1) is 16.7 Å². The van der Waals surface area contributed by atoms with Gasteiger partial charge in [-0.3, -0.25) is 0 Å². The summed E-state index contributed by atoms with van der Waals surface area (Å²) in [5, 5.41) is 23.4. The second-order valence-electron chi connectivity index (χ2n) is 32.4. The van der Waals surface area contributed by atoms with Gasteiger partial charge in [0, 0.05) is 44.9 Å². The van der Waals surface area contributed by atoms with Crippen LogP contribution in [0, 0.1) is 0 Å². The molecule has 3 heterocycles. The van der Waals surface area contributed by atoms with Gasteiger partial charge in [0.25, 0.3) is 6.71 Å². The molecule has 0 unspecified atom stereocenters. The molecule has 0 radical (unpaired) electrons. The third kappa shape index (κ3) is 11.7. The van der Waals surface area contributed by atoms with Crippen LogP contribution in [0.4, 0.5) is 34.1 Å².